The maximum absolute atomic E-state index is 12.5. The van der Waals surface area contributed by atoms with Crippen LogP contribution in [0.1, 0.15) is 34.9 Å². The van der Waals surface area contributed by atoms with E-state index in [0.29, 0.717) is 11.7 Å². The van der Waals surface area contributed by atoms with Crippen LogP contribution in [0.2, 0.25) is 0 Å². The minimum absolute atomic E-state index is 0.155. The molecule has 2 aliphatic heterocycles. The van der Waals surface area contributed by atoms with E-state index in [-0.39, 0.29) is 5.91 Å². The van der Waals surface area contributed by atoms with Crippen molar-refractivity contribution in [1.29, 1.82) is 0 Å². The first-order valence-electron chi connectivity index (χ1n) is 8.62. The van der Waals surface area contributed by atoms with Gasteiger partial charge in [0.1, 0.15) is 0 Å². The number of piperidine rings is 1. The lowest BCUT2D eigenvalue weighted by Crippen LogP contribution is -2.32. The zero-order chi connectivity index (χ0) is 16.5. The number of hydrogen-bond acceptors (Lipinski definition) is 4. The summed E-state index contributed by atoms with van der Waals surface area (Å²) in [6.45, 7) is 3.02. The van der Waals surface area contributed by atoms with Crippen LogP contribution in [0, 0.1) is 0 Å². The molecule has 1 fully saturated rings. The molecule has 24 heavy (non-hydrogen) atoms. The summed E-state index contributed by atoms with van der Waals surface area (Å²) in [6.07, 6.45) is 5.23. The van der Waals surface area contributed by atoms with Crippen LogP contribution >= 0.6 is 0 Å². The van der Waals surface area contributed by atoms with Crippen molar-refractivity contribution < 1.29 is 4.79 Å². The Kier molecular flexibility index (Phi) is 3.98. The molecule has 0 spiro atoms. The van der Waals surface area contributed by atoms with Crippen LogP contribution in [0.3, 0.4) is 0 Å². The van der Waals surface area contributed by atoms with Crippen LogP contribution in [0.4, 0.5) is 11.4 Å². The van der Waals surface area contributed by atoms with Gasteiger partial charge in [0, 0.05) is 37.7 Å². The highest BCUT2D eigenvalue weighted by Gasteiger charge is 2.19. The Hall–Kier alpha value is -2.34. The van der Waals surface area contributed by atoms with E-state index in [9.17, 15) is 4.79 Å². The van der Waals surface area contributed by atoms with Crippen LogP contribution in [0.25, 0.3) is 0 Å². The van der Waals surface area contributed by atoms with Gasteiger partial charge in [-0.2, -0.15) is 5.10 Å². The van der Waals surface area contributed by atoms with E-state index in [1.165, 1.54) is 11.3 Å². The number of nitrogens with one attached hydrogen (secondary N) is 2. The summed E-state index contributed by atoms with van der Waals surface area (Å²) >= 11 is 0. The van der Waals surface area contributed by atoms with E-state index >= 15 is 0 Å². The highest BCUT2D eigenvalue weighted by atomic mass is 16.1. The minimum atomic E-state index is -0.155. The van der Waals surface area contributed by atoms with Gasteiger partial charge in [-0.15, -0.1) is 0 Å². The summed E-state index contributed by atoms with van der Waals surface area (Å²) in [5, 5.41) is 10.8. The Balaban J connectivity index is 1.47. The molecule has 1 atom stereocenters. The van der Waals surface area contributed by atoms with Crippen molar-refractivity contribution >= 4 is 17.3 Å². The van der Waals surface area contributed by atoms with Crippen molar-refractivity contribution in [2.45, 2.75) is 25.3 Å². The molecule has 0 saturated carbocycles. The summed E-state index contributed by atoms with van der Waals surface area (Å²) in [7, 11) is 2.08. The lowest BCUT2D eigenvalue weighted by molar-refractivity contribution is 0.102. The molecule has 2 N–H and O–H groups in total. The van der Waals surface area contributed by atoms with Crippen molar-refractivity contribution in [3.8, 4) is 0 Å². The van der Waals surface area contributed by atoms with Gasteiger partial charge in [-0.25, -0.2) is 0 Å². The van der Waals surface area contributed by atoms with Gasteiger partial charge in [-0.1, -0.05) is 6.07 Å². The molecule has 2 aliphatic rings. The molecule has 1 unspecified atom stereocenters. The minimum Gasteiger partial charge on any atom is -0.374 e. The largest absolute Gasteiger partial charge is 0.374 e. The third kappa shape index (κ3) is 2.89. The van der Waals surface area contributed by atoms with Crippen molar-refractivity contribution in [2.24, 2.45) is 0 Å². The van der Waals surface area contributed by atoms with Gasteiger partial charge in [0.15, 0.2) is 5.69 Å². The second kappa shape index (κ2) is 6.28. The summed E-state index contributed by atoms with van der Waals surface area (Å²) in [6, 6.07) is 8.25. The Labute approximate surface area is 141 Å². The average molecular weight is 325 g/mol. The van der Waals surface area contributed by atoms with Crippen molar-refractivity contribution in [2.75, 3.05) is 36.9 Å². The van der Waals surface area contributed by atoms with Gasteiger partial charge in [-0.3, -0.25) is 9.48 Å². The number of carbonyl (C=O) groups is 1. The molecular weight excluding hydrogens is 302 g/mol. The van der Waals surface area contributed by atoms with Gasteiger partial charge in [0.05, 0.1) is 6.04 Å². The molecule has 1 amide bonds. The fraction of sp³-hybridized carbons (Fsp3) is 0.444. The first-order chi connectivity index (χ1) is 11.7. The maximum Gasteiger partial charge on any atom is 0.276 e. The van der Waals surface area contributed by atoms with E-state index in [2.05, 4.69) is 33.7 Å². The number of benzene rings is 1. The van der Waals surface area contributed by atoms with Crippen LogP contribution in [-0.4, -0.2) is 42.4 Å². The van der Waals surface area contributed by atoms with Crippen LogP contribution in [-0.2, 0) is 6.42 Å². The summed E-state index contributed by atoms with van der Waals surface area (Å²) in [4.78, 5) is 14.7. The van der Waals surface area contributed by atoms with Crippen molar-refractivity contribution in [3.05, 3.63) is 41.7 Å². The second-order valence-electron chi connectivity index (χ2n) is 6.65. The summed E-state index contributed by atoms with van der Waals surface area (Å²) < 4.78 is 1.91. The molecule has 6 heteroatoms. The van der Waals surface area contributed by atoms with Gasteiger partial charge in [-0.05, 0) is 49.6 Å². The van der Waals surface area contributed by atoms with Crippen LogP contribution in [0.15, 0.2) is 30.5 Å². The highest BCUT2D eigenvalue weighted by Crippen LogP contribution is 2.29. The average Bonchev–Trinajstić information content (AvgIpc) is 3.24. The predicted octanol–water partition coefficient (Wildman–Crippen LogP) is 2.05. The fourth-order valence-corrected chi connectivity index (χ4v) is 3.53. The van der Waals surface area contributed by atoms with Gasteiger partial charge < -0.3 is 15.5 Å². The molecule has 1 aromatic heterocycles. The zero-order valence-electron chi connectivity index (χ0n) is 14.0. The standard InChI is InChI=1S/C18H23N5O/c1-22-9-6-13-4-5-14(11-17(13)22)20-18(24)16-7-10-23(21-16)15-3-2-8-19-12-15/h4-5,7,10-11,15,19H,2-3,6,8-9,12H2,1H3,(H,20,24). The first-order valence-corrected chi connectivity index (χ1v) is 8.62. The molecule has 2 aromatic rings. The van der Waals surface area contributed by atoms with Crippen molar-refractivity contribution in [3.63, 3.8) is 0 Å². The number of aromatic nitrogens is 2. The quantitative estimate of drug-likeness (QED) is 0.907. The zero-order valence-corrected chi connectivity index (χ0v) is 14.0. The molecule has 1 aromatic carbocycles. The number of amides is 1. The lowest BCUT2D eigenvalue weighted by atomic mass is 10.1. The predicted molar refractivity (Wildman–Crippen MR) is 94.7 cm³/mol. The fourth-order valence-electron chi connectivity index (χ4n) is 3.53. The molecule has 4 rings (SSSR count). The third-order valence-corrected chi connectivity index (χ3v) is 4.96. The second-order valence-corrected chi connectivity index (χ2v) is 6.65. The Morgan fingerprint density at radius 1 is 1.38 bits per heavy atom. The molecule has 1 saturated heterocycles. The number of anilines is 2. The molecule has 0 aliphatic carbocycles. The number of carbonyl (C=O) groups excluding carboxylic acids is 1. The first kappa shape index (κ1) is 15.2. The Morgan fingerprint density at radius 2 is 2.29 bits per heavy atom. The topological polar surface area (TPSA) is 62.2 Å². The maximum atomic E-state index is 12.5. The highest BCUT2D eigenvalue weighted by molar-refractivity contribution is 6.03. The summed E-state index contributed by atoms with van der Waals surface area (Å²) in [5.41, 5.74) is 3.83. The number of hydrogen-bond donors (Lipinski definition) is 2. The van der Waals surface area contributed by atoms with Crippen LogP contribution < -0.4 is 15.5 Å². The Bertz CT molecular complexity index is 748. The number of nitrogens with zero attached hydrogens (tertiary/aromatic N) is 3. The smallest absolute Gasteiger partial charge is 0.276 e. The normalized spacial score (nSPS) is 20.0. The molecule has 3 heterocycles. The number of fused-ring (bicyclic) bond motifs is 1. The molecule has 0 radical (unpaired) electrons. The Morgan fingerprint density at radius 3 is 3.12 bits per heavy atom. The monoisotopic (exact) mass is 325 g/mol. The van der Waals surface area contributed by atoms with E-state index < -0.39 is 0 Å². The van der Waals surface area contributed by atoms with Gasteiger partial charge in [0.25, 0.3) is 5.91 Å². The lowest BCUT2D eigenvalue weighted by Gasteiger charge is -2.22. The van der Waals surface area contributed by atoms with E-state index in [1.807, 2.05) is 23.0 Å². The van der Waals surface area contributed by atoms with E-state index in [1.54, 1.807) is 6.07 Å². The molecular formula is C18H23N5O. The third-order valence-electron chi connectivity index (χ3n) is 4.96. The number of rotatable bonds is 3. The molecule has 6 nitrogen and oxygen atoms in total. The van der Waals surface area contributed by atoms with E-state index in [0.717, 1.165) is 44.6 Å². The van der Waals surface area contributed by atoms with Gasteiger partial charge >= 0.3 is 0 Å². The van der Waals surface area contributed by atoms with E-state index in [4.69, 9.17) is 0 Å². The number of likely N-dealkylation sites (N-methyl/N-ethyl adjacent to an activating group) is 1. The van der Waals surface area contributed by atoms with Gasteiger partial charge in [0.2, 0.25) is 0 Å². The molecule has 126 valence electrons. The SMILES string of the molecule is CN1CCc2ccc(NC(=O)c3ccn(C4CCCNC4)n3)cc21. The summed E-state index contributed by atoms with van der Waals surface area (Å²) in [5.74, 6) is -0.155. The van der Waals surface area contributed by atoms with Crippen molar-refractivity contribution in [1.82, 2.24) is 15.1 Å². The molecule has 0 bridgehead atoms. The van der Waals surface area contributed by atoms with Crippen LogP contribution in [0.5, 0.6) is 0 Å².